The fourth-order valence-electron chi connectivity index (χ4n) is 8.37. The lowest BCUT2D eigenvalue weighted by atomic mass is 10.0. The van der Waals surface area contributed by atoms with Crippen LogP contribution in [0.4, 0.5) is 11.5 Å². The van der Waals surface area contributed by atoms with Gasteiger partial charge in [0.2, 0.25) is 11.8 Å². The molecule has 0 spiro atoms. The summed E-state index contributed by atoms with van der Waals surface area (Å²) < 4.78 is 4.19. The molecule has 3 aliphatic heterocycles. The van der Waals surface area contributed by atoms with Gasteiger partial charge in [-0.1, -0.05) is 6.07 Å². The number of imide groups is 1. The third kappa shape index (κ3) is 6.32. The van der Waals surface area contributed by atoms with E-state index in [9.17, 15) is 19.2 Å². The first-order valence-electron chi connectivity index (χ1n) is 19.0. The molecule has 0 saturated carbocycles. The Labute approximate surface area is 321 Å². The minimum absolute atomic E-state index is 0.0296. The largest absolute Gasteiger partial charge is 0.381 e. The number of hydrogen-bond acceptors (Lipinski definition) is 10. The molecule has 4 aromatic heterocycles. The second-order valence-electron chi connectivity index (χ2n) is 15.0. The van der Waals surface area contributed by atoms with Crippen LogP contribution in [-0.2, 0) is 23.1 Å². The van der Waals surface area contributed by atoms with E-state index in [1.165, 1.54) is 15.9 Å². The number of rotatable bonds is 7. The molecule has 2 aromatic carbocycles. The van der Waals surface area contributed by atoms with Crippen LogP contribution < -0.4 is 26.5 Å². The summed E-state index contributed by atoms with van der Waals surface area (Å²) in [4.78, 5) is 65.9. The van der Waals surface area contributed by atoms with Crippen molar-refractivity contribution in [1.29, 1.82) is 0 Å². The standard InChI is InChI=1S/C41H43N9O4S/c1-23-22-42-37-36-27-7-9-28(45-29(27)10-13-33(36)55-38(37)40(53)43-23)26-8-14-34(44-24(26)2)49-19-17-48(18-20-49)16-4-5-25-6-11-30-32(21-25)47(3)41(54)50(30)31-12-15-35(51)46-39(31)52/h6-11,13-14,21,23,31,42H,4-5,12,15-20,22H2,1-3H3,(H,43,53)(H,46,51,52)/t23-,31?/m1/s1. The number of piperidine rings is 1. The molecule has 2 atom stereocenters. The van der Waals surface area contributed by atoms with Crippen molar-refractivity contribution < 1.29 is 14.4 Å². The highest BCUT2D eigenvalue weighted by Gasteiger charge is 2.31. The van der Waals surface area contributed by atoms with Crippen molar-refractivity contribution >= 4 is 72.6 Å². The lowest BCUT2D eigenvalue weighted by Crippen LogP contribution is -2.47. The SMILES string of the molecule is Cc1nc(N2CCN(CCCc3ccc4c(c3)n(C)c(=O)n4C3CCC(=O)NC3=O)CC2)ccc1-c1ccc2c(ccc3sc4c(c32)NC[C@@H](C)NC4=O)n1. The molecule has 6 aromatic rings. The number of fused-ring (bicyclic) bond motifs is 6. The van der Waals surface area contributed by atoms with E-state index in [-0.39, 0.29) is 30.0 Å². The normalized spacial score (nSPS) is 19.4. The zero-order valence-corrected chi connectivity index (χ0v) is 32.0. The summed E-state index contributed by atoms with van der Waals surface area (Å²) in [5, 5.41) is 11.0. The van der Waals surface area contributed by atoms with Crippen LogP contribution in [-0.4, -0.2) is 87.0 Å². The third-order valence-electron chi connectivity index (χ3n) is 11.3. The van der Waals surface area contributed by atoms with Crippen LogP contribution in [0.25, 0.3) is 43.3 Å². The van der Waals surface area contributed by atoms with Crippen LogP contribution in [0.1, 0.15) is 53.2 Å². The zero-order chi connectivity index (χ0) is 38.0. The maximum absolute atomic E-state index is 13.1. The summed E-state index contributed by atoms with van der Waals surface area (Å²) in [6, 6.07) is 17.9. The smallest absolute Gasteiger partial charge is 0.329 e. The molecule has 9 rings (SSSR count). The second kappa shape index (κ2) is 13.9. The van der Waals surface area contributed by atoms with Gasteiger partial charge in [-0.05, 0) is 93.7 Å². The van der Waals surface area contributed by atoms with Crippen molar-refractivity contribution in [2.45, 2.75) is 51.6 Å². The van der Waals surface area contributed by atoms with Crippen LogP contribution in [0, 0.1) is 6.92 Å². The molecule has 0 bridgehead atoms. The van der Waals surface area contributed by atoms with E-state index in [1.807, 2.05) is 32.0 Å². The molecule has 3 aliphatic rings. The maximum atomic E-state index is 13.1. The van der Waals surface area contributed by atoms with Gasteiger partial charge in [0.05, 0.1) is 27.9 Å². The lowest BCUT2D eigenvalue weighted by molar-refractivity contribution is -0.135. The topological polar surface area (TPSA) is 146 Å². The van der Waals surface area contributed by atoms with Crippen molar-refractivity contribution in [3.8, 4) is 11.3 Å². The summed E-state index contributed by atoms with van der Waals surface area (Å²) in [5.74, 6) is 0.234. The molecule has 13 nitrogen and oxygen atoms in total. The van der Waals surface area contributed by atoms with Gasteiger partial charge >= 0.3 is 5.69 Å². The number of amides is 3. The molecule has 0 radical (unpaired) electrons. The van der Waals surface area contributed by atoms with Crippen molar-refractivity contribution in [3.63, 3.8) is 0 Å². The maximum Gasteiger partial charge on any atom is 0.329 e. The highest BCUT2D eigenvalue weighted by molar-refractivity contribution is 7.21. The van der Waals surface area contributed by atoms with Crippen LogP contribution >= 0.6 is 11.3 Å². The molecular formula is C41H43N9O4S. The number of benzene rings is 2. The van der Waals surface area contributed by atoms with Crippen molar-refractivity contribution in [2.24, 2.45) is 7.05 Å². The molecule has 2 fully saturated rings. The number of anilines is 2. The van der Waals surface area contributed by atoms with E-state index in [2.05, 4.69) is 62.1 Å². The number of nitrogens with zero attached hydrogens (tertiary/aromatic N) is 6. The van der Waals surface area contributed by atoms with Crippen LogP contribution in [0.3, 0.4) is 0 Å². The quantitative estimate of drug-likeness (QED) is 0.197. The molecular weight excluding hydrogens is 715 g/mol. The molecule has 0 aliphatic carbocycles. The Balaban J connectivity index is 0.829. The van der Waals surface area contributed by atoms with Gasteiger partial charge in [-0.25, -0.2) is 14.8 Å². The fraction of sp³-hybridized carbons (Fsp3) is 0.366. The van der Waals surface area contributed by atoms with Crippen LogP contribution in [0.2, 0.25) is 0 Å². The first kappa shape index (κ1) is 35.1. The van der Waals surface area contributed by atoms with E-state index in [0.717, 1.165) is 111 Å². The minimum Gasteiger partial charge on any atom is -0.381 e. The molecule has 7 heterocycles. The van der Waals surface area contributed by atoms with Gasteiger partial charge in [-0.2, -0.15) is 0 Å². The summed E-state index contributed by atoms with van der Waals surface area (Å²) >= 11 is 1.52. The van der Waals surface area contributed by atoms with E-state index >= 15 is 0 Å². The summed E-state index contributed by atoms with van der Waals surface area (Å²) in [7, 11) is 1.73. The van der Waals surface area contributed by atoms with Gasteiger partial charge in [-0.3, -0.25) is 33.7 Å². The van der Waals surface area contributed by atoms with Crippen LogP contribution in [0.15, 0.2) is 59.4 Å². The Kier molecular flexibility index (Phi) is 8.89. The Morgan fingerprint density at radius 3 is 2.56 bits per heavy atom. The van der Waals surface area contributed by atoms with Crippen molar-refractivity contribution in [2.75, 3.05) is 49.5 Å². The first-order chi connectivity index (χ1) is 26.6. The number of aromatic nitrogens is 4. The van der Waals surface area contributed by atoms with Gasteiger partial charge in [0, 0.05) is 79.0 Å². The van der Waals surface area contributed by atoms with Gasteiger partial charge in [0.1, 0.15) is 16.7 Å². The minimum atomic E-state index is -0.679. The number of pyridine rings is 2. The Hall–Kier alpha value is -5.60. The number of imidazole rings is 1. The lowest BCUT2D eigenvalue weighted by Gasteiger charge is -2.35. The van der Waals surface area contributed by atoms with Gasteiger partial charge in [0.15, 0.2) is 0 Å². The van der Waals surface area contributed by atoms with E-state index in [1.54, 1.807) is 11.6 Å². The Bertz CT molecular complexity index is 2600. The average molecular weight is 758 g/mol. The monoisotopic (exact) mass is 757 g/mol. The van der Waals surface area contributed by atoms with E-state index < -0.39 is 11.9 Å². The predicted molar refractivity (Wildman–Crippen MR) is 216 cm³/mol. The summed E-state index contributed by atoms with van der Waals surface area (Å²) in [6.45, 7) is 9.40. The van der Waals surface area contributed by atoms with E-state index in [0.29, 0.717) is 18.5 Å². The number of piperazine rings is 1. The molecule has 55 heavy (non-hydrogen) atoms. The summed E-state index contributed by atoms with van der Waals surface area (Å²) in [6.07, 6.45) is 2.42. The number of carbonyl (C=O) groups excluding carboxylic acids is 3. The molecule has 282 valence electrons. The number of aryl methyl sites for hydroxylation is 3. The third-order valence-corrected chi connectivity index (χ3v) is 12.5. The molecule has 3 amide bonds. The van der Waals surface area contributed by atoms with Crippen molar-refractivity contribution in [1.82, 2.24) is 34.6 Å². The highest BCUT2D eigenvalue weighted by atomic mass is 32.1. The van der Waals surface area contributed by atoms with Gasteiger partial charge in [-0.15, -0.1) is 11.3 Å². The Morgan fingerprint density at radius 1 is 0.927 bits per heavy atom. The highest BCUT2D eigenvalue weighted by Crippen LogP contribution is 2.41. The number of carbonyl (C=O) groups is 3. The number of nitrogens with one attached hydrogen (secondary N) is 3. The zero-order valence-electron chi connectivity index (χ0n) is 31.1. The molecule has 14 heteroatoms. The Morgan fingerprint density at radius 2 is 1.76 bits per heavy atom. The van der Waals surface area contributed by atoms with Gasteiger partial charge in [0.25, 0.3) is 5.91 Å². The average Bonchev–Trinajstić information content (AvgIpc) is 3.63. The van der Waals surface area contributed by atoms with Crippen molar-refractivity contribution in [3.05, 3.63) is 81.2 Å². The fourth-order valence-corrected chi connectivity index (χ4v) is 9.47. The molecule has 1 unspecified atom stereocenters. The molecule has 2 saturated heterocycles. The summed E-state index contributed by atoms with van der Waals surface area (Å²) in [5.41, 5.74) is 7.02. The second-order valence-corrected chi connectivity index (χ2v) is 16.1. The number of thiophene rings is 1. The first-order valence-corrected chi connectivity index (χ1v) is 19.8. The predicted octanol–water partition coefficient (Wildman–Crippen LogP) is 4.75. The number of hydrogen-bond donors (Lipinski definition) is 3. The van der Waals surface area contributed by atoms with Crippen LogP contribution in [0.5, 0.6) is 0 Å². The van der Waals surface area contributed by atoms with E-state index in [4.69, 9.17) is 9.97 Å². The molecule has 3 N–H and O–H groups in total. The van der Waals surface area contributed by atoms with Gasteiger partial charge < -0.3 is 15.5 Å².